The summed E-state index contributed by atoms with van der Waals surface area (Å²) in [5, 5.41) is 26.0. The third-order valence-corrected chi connectivity index (χ3v) is 8.22. The molecule has 0 saturated carbocycles. The Hall–Kier alpha value is -1.79. The number of carboxylic acids is 1. The van der Waals surface area contributed by atoms with Crippen LogP contribution in [-0.4, -0.2) is 51.8 Å². The van der Waals surface area contributed by atoms with E-state index >= 15 is 0 Å². The van der Waals surface area contributed by atoms with E-state index in [2.05, 4.69) is 10.4 Å². The fourth-order valence-corrected chi connectivity index (χ4v) is 6.84. The van der Waals surface area contributed by atoms with Gasteiger partial charge in [-0.15, -0.1) is 11.3 Å². The summed E-state index contributed by atoms with van der Waals surface area (Å²) in [6.45, 7) is 1.61. The molecule has 0 radical (unpaired) electrons. The first-order valence-corrected chi connectivity index (χ1v) is 10.4. The van der Waals surface area contributed by atoms with Crippen molar-refractivity contribution in [3.63, 3.8) is 0 Å². The van der Waals surface area contributed by atoms with E-state index in [9.17, 15) is 18.3 Å². The van der Waals surface area contributed by atoms with Crippen molar-refractivity contribution in [1.29, 1.82) is 0 Å². The van der Waals surface area contributed by atoms with E-state index in [-0.39, 0.29) is 29.5 Å². The van der Waals surface area contributed by atoms with Gasteiger partial charge >= 0.3 is 5.97 Å². The molecule has 0 aliphatic carbocycles. The van der Waals surface area contributed by atoms with Crippen LogP contribution in [-0.2, 0) is 42.6 Å². The van der Waals surface area contributed by atoms with Gasteiger partial charge in [0.1, 0.15) is 4.21 Å². The molecule has 4 heterocycles. The van der Waals surface area contributed by atoms with E-state index in [0.717, 1.165) is 27.5 Å². The summed E-state index contributed by atoms with van der Waals surface area (Å²) in [5.74, 6) is -1.20. The molecule has 0 spiro atoms. The first kappa shape index (κ1) is 17.6. The number of thiophene rings is 1. The van der Waals surface area contributed by atoms with Crippen LogP contribution in [0.4, 0.5) is 0 Å². The smallest absolute Gasteiger partial charge is 0.338 e. The number of aromatic carboxylic acids is 1. The highest BCUT2D eigenvalue weighted by molar-refractivity contribution is 7.91. The molecule has 0 saturated heterocycles. The molecule has 2 aliphatic heterocycles. The highest BCUT2D eigenvalue weighted by Crippen LogP contribution is 2.38. The maximum atomic E-state index is 13.2. The number of rotatable bonds is 5. The highest BCUT2D eigenvalue weighted by Gasteiger charge is 2.39. The van der Waals surface area contributed by atoms with Gasteiger partial charge in [-0.2, -0.15) is 9.40 Å². The number of aliphatic hydroxyl groups excluding tert-OH is 1. The number of hydrogen-bond acceptors (Lipinski definition) is 7. The molecule has 140 valence electrons. The number of carbonyl (C=O) groups is 1. The zero-order valence-corrected chi connectivity index (χ0v) is 15.4. The fourth-order valence-electron chi connectivity index (χ4n) is 3.46. The summed E-state index contributed by atoms with van der Waals surface area (Å²) >= 11 is 1.04. The average molecular weight is 398 g/mol. The van der Waals surface area contributed by atoms with Gasteiger partial charge in [0.15, 0.2) is 0 Å². The first-order valence-electron chi connectivity index (χ1n) is 8.16. The quantitative estimate of drug-likeness (QED) is 0.647. The van der Waals surface area contributed by atoms with Gasteiger partial charge in [0.2, 0.25) is 0 Å². The minimum atomic E-state index is -3.94. The van der Waals surface area contributed by atoms with Gasteiger partial charge in [0.05, 0.1) is 37.2 Å². The number of fused-ring (bicyclic) bond motifs is 2. The minimum absolute atomic E-state index is 0.0839. The molecule has 3 N–H and O–H groups in total. The van der Waals surface area contributed by atoms with Crippen molar-refractivity contribution in [3.8, 4) is 0 Å². The topological polar surface area (TPSA) is 125 Å². The molecule has 4 rings (SSSR count). The van der Waals surface area contributed by atoms with E-state index in [1.165, 1.54) is 4.31 Å². The zero-order valence-electron chi connectivity index (χ0n) is 13.8. The predicted octanol–water partition coefficient (Wildman–Crippen LogP) is -0.0147. The second kappa shape index (κ2) is 6.43. The number of nitrogens with one attached hydrogen (secondary N) is 1. The third-order valence-electron chi connectivity index (χ3n) is 4.70. The van der Waals surface area contributed by atoms with Crippen LogP contribution in [0, 0.1) is 0 Å². The molecule has 0 bridgehead atoms. The van der Waals surface area contributed by atoms with Crippen LogP contribution in [0.25, 0.3) is 0 Å². The summed E-state index contributed by atoms with van der Waals surface area (Å²) in [6, 6.07) is 0. The molecule has 26 heavy (non-hydrogen) atoms. The van der Waals surface area contributed by atoms with Crippen LogP contribution in [0.3, 0.4) is 0 Å². The van der Waals surface area contributed by atoms with Gasteiger partial charge in [-0.25, -0.2) is 13.2 Å². The maximum absolute atomic E-state index is 13.2. The van der Waals surface area contributed by atoms with Crippen LogP contribution in [0.1, 0.15) is 32.1 Å². The lowest BCUT2D eigenvalue weighted by Gasteiger charge is -2.16. The van der Waals surface area contributed by atoms with Crippen LogP contribution < -0.4 is 5.32 Å². The Morgan fingerprint density at radius 1 is 1.38 bits per heavy atom. The number of nitrogens with zero attached hydrogens (tertiary/aromatic N) is 3. The highest BCUT2D eigenvalue weighted by atomic mass is 32.2. The van der Waals surface area contributed by atoms with Crippen molar-refractivity contribution in [3.05, 3.63) is 33.5 Å². The molecule has 0 fully saturated rings. The van der Waals surface area contributed by atoms with Crippen LogP contribution >= 0.6 is 11.3 Å². The molecule has 0 unspecified atom stereocenters. The Labute approximate surface area is 153 Å². The van der Waals surface area contributed by atoms with Crippen molar-refractivity contribution in [2.45, 2.75) is 36.8 Å². The Kier molecular flexibility index (Phi) is 4.35. The molecule has 0 amide bonds. The largest absolute Gasteiger partial charge is 0.478 e. The summed E-state index contributed by atoms with van der Waals surface area (Å²) in [5.41, 5.74) is 2.06. The van der Waals surface area contributed by atoms with Crippen molar-refractivity contribution in [1.82, 2.24) is 19.4 Å². The number of aromatic nitrogens is 2. The molecule has 2 aromatic heterocycles. The monoisotopic (exact) mass is 398 g/mol. The zero-order chi connectivity index (χ0) is 18.5. The van der Waals surface area contributed by atoms with Gasteiger partial charge in [0, 0.05) is 23.5 Å². The van der Waals surface area contributed by atoms with E-state index in [1.807, 2.05) is 0 Å². The van der Waals surface area contributed by atoms with Gasteiger partial charge in [-0.3, -0.25) is 4.68 Å². The summed E-state index contributed by atoms with van der Waals surface area (Å²) in [4.78, 5) is 12.6. The number of aliphatic hydroxyl groups is 1. The molecule has 11 heteroatoms. The van der Waals surface area contributed by atoms with E-state index in [0.29, 0.717) is 31.6 Å². The summed E-state index contributed by atoms with van der Waals surface area (Å²) in [7, 11) is -3.94. The lowest BCUT2D eigenvalue weighted by molar-refractivity contribution is 0.0692. The van der Waals surface area contributed by atoms with E-state index in [1.54, 1.807) is 10.9 Å². The minimum Gasteiger partial charge on any atom is -0.478 e. The third kappa shape index (κ3) is 2.67. The summed E-state index contributed by atoms with van der Waals surface area (Å²) in [6.07, 6.45) is 2.11. The lowest BCUT2D eigenvalue weighted by Crippen LogP contribution is -2.27. The van der Waals surface area contributed by atoms with Gasteiger partial charge < -0.3 is 15.5 Å². The second-order valence-corrected chi connectivity index (χ2v) is 9.47. The molecule has 2 aliphatic rings. The van der Waals surface area contributed by atoms with Gasteiger partial charge in [-0.05, 0) is 18.5 Å². The number of sulfonamides is 1. The Morgan fingerprint density at radius 3 is 2.92 bits per heavy atom. The predicted molar refractivity (Wildman–Crippen MR) is 92.4 cm³/mol. The number of carboxylic acid groups (broad SMARTS) is 1. The molecule has 9 nitrogen and oxygen atoms in total. The SMILES string of the molecule is O=C(O)c1c(S(=O)(=O)N2Cc3cnn(CCO)c3C2)sc2c1CCNC2. The molecule has 0 atom stereocenters. The standard InChI is InChI=1S/C15H18N4O5S2/c20-4-3-19-11-8-18(7-9(11)5-17-19)26(23,24)15-13(14(21)22)10-1-2-16-6-12(10)25-15/h5,16,20H,1-4,6-8H2,(H,21,22). The van der Waals surface area contributed by atoms with Crippen molar-refractivity contribution in [2.75, 3.05) is 13.2 Å². The summed E-state index contributed by atoms with van der Waals surface area (Å²) < 4.78 is 29.2. The average Bonchev–Trinajstić information content (AvgIpc) is 3.28. The van der Waals surface area contributed by atoms with Crippen molar-refractivity contribution in [2.24, 2.45) is 0 Å². The van der Waals surface area contributed by atoms with Gasteiger partial charge in [-0.1, -0.05) is 0 Å². The van der Waals surface area contributed by atoms with Crippen molar-refractivity contribution >= 4 is 27.3 Å². The second-order valence-electron chi connectivity index (χ2n) is 6.23. The Morgan fingerprint density at radius 2 is 2.19 bits per heavy atom. The fraction of sp³-hybridized carbons (Fsp3) is 0.467. The van der Waals surface area contributed by atoms with Crippen molar-refractivity contribution < 1.29 is 23.4 Å². The van der Waals surface area contributed by atoms with Crippen LogP contribution in [0.2, 0.25) is 0 Å². The number of hydrogen-bond donors (Lipinski definition) is 3. The van der Waals surface area contributed by atoms with Gasteiger partial charge in [0.25, 0.3) is 10.0 Å². The Balaban J connectivity index is 1.72. The Bertz CT molecular complexity index is 979. The molecule has 2 aromatic rings. The van der Waals surface area contributed by atoms with Crippen LogP contribution in [0.5, 0.6) is 0 Å². The normalized spacial score (nSPS) is 17.3. The maximum Gasteiger partial charge on any atom is 0.338 e. The van der Waals surface area contributed by atoms with Crippen LogP contribution in [0.15, 0.2) is 10.4 Å². The lowest BCUT2D eigenvalue weighted by atomic mass is 10.1. The van der Waals surface area contributed by atoms with E-state index in [4.69, 9.17) is 5.11 Å². The molecular weight excluding hydrogens is 380 g/mol. The first-order chi connectivity index (χ1) is 12.4. The van der Waals surface area contributed by atoms with E-state index < -0.39 is 16.0 Å². The molecular formula is C15H18N4O5S2. The molecule has 0 aromatic carbocycles.